The van der Waals surface area contributed by atoms with Gasteiger partial charge in [-0.05, 0) is 23.7 Å². The maximum atomic E-state index is 8.87. The highest BCUT2D eigenvalue weighted by atomic mass is 33.5. The molecular formula is C6H14O2S3. The molecule has 0 bridgehead atoms. The molecule has 0 aliphatic rings. The Balaban J connectivity index is 2.91. The van der Waals surface area contributed by atoms with Crippen LogP contribution in [0.2, 0.25) is 0 Å². The van der Waals surface area contributed by atoms with Crippen molar-refractivity contribution in [1.82, 2.24) is 0 Å². The minimum atomic E-state index is -0.236. The third-order valence-electron chi connectivity index (χ3n) is 0.715. The Bertz CT molecular complexity index is 77.9. The molecule has 0 heterocycles. The minimum Gasteiger partial charge on any atom is -0.393 e. The molecule has 0 amide bonds. The fourth-order valence-corrected chi connectivity index (χ4v) is 4.19. The lowest BCUT2D eigenvalue weighted by Gasteiger charge is -2.03. The zero-order valence-corrected chi connectivity index (χ0v) is 9.14. The lowest BCUT2D eigenvalue weighted by molar-refractivity contribution is 0.220. The minimum absolute atomic E-state index is 0.236. The molecule has 0 spiro atoms. The van der Waals surface area contributed by atoms with Gasteiger partial charge in [-0.15, -0.1) is 0 Å². The van der Waals surface area contributed by atoms with Gasteiger partial charge in [0.1, 0.15) is 0 Å². The summed E-state index contributed by atoms with van der Waals surface area (Å²) in [6, 6.07) is 0. The number of aliphatic hydroxyl groups excluding tert-OH is 2. The first-order valence-corrected chi connectivity index (χ1v) is 7.22. The lowest BCUT2D eigenvalue weighted by atomic mass is 10.5. The molecule has 2 unspecified atom stereocenters. The maximum absolute atomic E-state index is 8.87. The van der Waals surface area contributed by atoms with Crippen molar-refractivity contribution < 1.29 is 10.2 Å². The molecule has 2 N–H and O–H groups in total. The van der Waals surface area contributed by atoms with Gasteiger partial charge < -0.3 is 10.2 Å². The van der Waals surface area contributed by atoms with Crippen molar-refractivity contribution in [2.45, 2.75) is 26.1 Å². The number of hydrogen-bond donors (Lipinski definition) is 2. The van der Waals surface area contributed by atoms with Crippen LogP contribution in [0.1, 0.15) is 13.8 Å². The SMILES string of the molecule is CC(O)CSSSCC(C)O. The van der Waals surface area contributed by atoms with Gasteiger partial charge in [0.15, 0.2) is 0 Å². The largest absolute Gasteiger partial charge is 0.393 e. The third-order valence-corrected chi connectivity index (χ3v) is 5.27. The molecule has 0 radical (unpaired) electrons. The molecule has 0 fully saturated rings. The van der Waals surface area contributed by atoms with Crippen LogP contribution in [-0.4, -0.2) is 33.9 Å². The first-order valence-electron chi connectivity index (χ1n) is 3.40. The summed E-state index contributed by atoms with van der Waals surface area (Å²) in [4.78, 5) is 0. The zero-order valence-electron chi connectivity index (χ0n) is 6.69. The first kappa shape index (κ1) is 12.0. The first-order chi connectivity index (χ1) is 5.13. The second-order valence-electron chi connectivity index (χ2n) is 2.34. The van der Waals surface area contributed by atoms with Crippen LogP contribution in [0, 0.1) is 0 Å². The summed E-state index contributed by atoms with van der Waals surface area (Å²) >= 11 is 0. The van der Waals surface area contributed by atoms with E-state index in [0.29, 0.717) is 0 Å². The van der Waals surface area contributed by atoms with Crippen LogP contribution in [0.3, 0.4) is 0 Å². The summed E-state index contributed by atoms with van der Waals surface area (Å²) in [5.41, 5.74) is 0. The Morgan fingerprint density at radius 3 is 1.64 bits per heavy atom. The van der Waals surface area contributed by atoms with Crippen LogP contribution in [0.5, 0.6) is 0 Å². The number of rotatable bonds is 6. The molecule has 0 aromatic heterocycles. The predicted molar refractivity (Wildman–Crippen MR) is 55.9 cm³/mol. The molecule has 0 rings (SSSR count). The second-order valence-corrected chi connectivity index (χ2v) is 6.66. The van der Waals surface area contributed by atoms with E-state index in [0.717, 1.165) is 11.5 Å². The summed E-state index contributed by atoms with van der Waals surface area (Å²) in [5.74, 6) is 1.49. The molecule has 0 saturated heterocycles. The van der Waals surface area contributed by atoms with Gasteiger partial charge in [0.2, 0.25) is 0 Å². The molecule has 68 valence electrons. The van der Waals surface area contributed by atoms with Crippen molar-refractivity contribution in [3.63, 3.8) is 0 Å². The van der Waals surface area contributed by atoms with Crippen LogP contribution in [0.25, 0.3) is 0 Å². The molecule has 2 nitrogen and oxygen atoms in total. The summed E-state index contributed by atoms with van der Waals surface area (Å²) < 4.78 is 0. The molecule has 0 aliphatic carbocycles. The van der Waals surface area contributed by atoms with Gasteiger partial charge in [0.25, 0.3) is 0 Å². The van der Waals surface area contributed by atoms with E-state index in [1.54, 1.807) is 45.3 Å². The average molecular weight is 214 g/mol. The Hall–Kier alpha value is 0.970. The molecular weight excluding hydrogens is 200 g/mol. The zero-order chi connectivity index (χ0) is 8.69. The molecule has 5 heteroatoms. The second kappa shape index (κ2) is 7.61. The van der Waals surface area contributed by atoms with Crippen LogP contribution < -0.4 is 0 Å². The van der Waals surface area contributed by atoms with Gasteiger partial charge in [0.05, 0.1) is 12.2 Å². The van der Waals surface area contributed by atoms with E-state index in [4.69, 9.17) is 10.2 Å². The molecule has 0 saturated carbocycles. The van der Waals surface area contributed by atoms with Crippen LogP contribution in [0.15, 0.2) is 0 Å². The summed E-state index contributed by atoms with van der Waals surface area (Å²) in [6.45, 7) is 3.54. The summed E-state index contributed by atoms with van der Waals surface area (Å²) in [5, 5.41) is 17.7. The Kier molecular flexibility index (Phi) is 8.28. The molecule has 0 aliphatic heterocycles. The quantitative estimate of drug-likeness (QED) is 0.521. The van der Waals surface area contributed by atoms with Gasteiger partial charge in [-0.2, -0.15) is 0 Å². The highest BCUT2D eigenvalue weighted by molar-refractivity contribution is 9.09. The fourth-order valence-electron chi connectivity index (χ4n) is 0.287. The highest BCUT2D eigenvalue weighted by Crippen LogP contribution is 2.34. The van der Waals surface area contributed by atoms with E-state index >= 15 is 0 Å². The smallest absolute Gasteiger partial charge is 0.0611 e. The lowest BCUT2D eigenvalue weighted by Crippen LogP contribution is -2.02. The highest BCUT2D eigenvalue weighted by Gasteiger charge is 1.98. The fraction of sp³-hybridized carbons (Fsp3) is 1.00. The third kappa shape index (κ3) is 11.0. The standard InChI is InChI=1S/C6H14O2S3/c1-5(7)3-9-11-10-4-6(2)8/h5-8H,3-4H2,1-2H3. The topological polar surface area (TPSA) is 40.5 Å². The number of hydrogen-bond acceptors (Lipinski definition) is 5. The van der Waals surface area contributed by atoms with E-state index < -0.39 is 0 Å². The van der Waals surface area contributed by atoms with Gasteiger partial charge in [-0.3, -0.25) is 0 Å². The van der Waals surface area contributed by atoms with Crippen LogP contribution >= 0.6 is 31.4 Å². The van der Waals surface area contributed by atoms with E-state index in [2.05, 4.69) is 0 Å². The van der Waals surface area contributed by atoms with Crippen molar-refractivity contribution in [1.29, 1.82) is 0 Å². The van der Waals surface area contributed by atoms with Crippen molar-refractivity contribution >= 4 is 31.4 Å². The van der Waals surface area contributed by atoms with Crippen molar-refractivity contribution in [2.75, 3.05) is 11.5 Å². The van der Waals surface area contributed by atoms with Crippen LogP contribution in [-0.2, 0) is 0 Å². The van der Waals surface area contributed by atoms with Crippen molar-refractivity contribution in [3.8, 4) is 0 Å². The average Bonchev–Trinajstić information content (AvgIpc) is 1.85. The van der Waals surface area contributed by atoms with Gasteiger partial charge in [-0.25, -0.2) is 0 Å². The van der Waals surface area contributed by atoms with Crippen molar-refractivity contribution in [3.05, 3.63) is 0 Å². The normalized spacial score (nSPS) is 16.4. The van der Waals surface area contributed by atoms with Gasteiger partial charge in [-0.1, -0.05) is 21.6 Å². The molecule has 0 aromatic rings. The Labute approximate surface area is 79.3 Å². The molecule has 2 atom stereocenters. The monoisotopic (exact) mass is 214 g/mol. The molecule has 0 aromatic carbocycles. The Morgan fingerprint density at radius 1 is 1.00 bits per heavy atom. The maximum Gasteiger partial charge on any atom is 0.0611 e. The van der Waals surface area contributed by atoms with E-state index in [-0.39, 0.29) is 12.2 Å². The van der Waals surface area contributed by atoms with E-state index in [1.807, 2.05) is 0 Å². The van der Waals surface area contributed by atoms with E-state index in [9.17, 15) is 0 Å². The van der Waals surface area contributed by atoms with Crippen molar-refractivity contribution in [2.24, 2.45) is 0 Å². The van der Waals surface area contributed by atoms with Gasteiger partial charge in [0, 0.05) is 11.5 Å². The molecule has 11 heavy (non-hydrogen) atoms. The van der Waals surface area contributed by atoms with Gasteiger partial charge >= 0.3 is 0 Å². The predicted octanol–water partition coefficient (Wildman–Crippen LogP) is 1.78. The summed E-state index contributed by atoms with van der Waals surface area (Å²) in [6.07, 6.45) is -0.473. The van der Waals surface area contributed by atoms with Crippen LogP contribution in [0.4, 0.5) is 0 Å². The number of aliphatic hydroxyl groups is 2. The summed E-state index contributed by atoms with van der Waals surface area (Å²) in [7, 11) is 4.87. The Morgan fingerprint density at radius 2 is 1.36 bits per heavy atom. The van der Waals surface area contributed by atoms with E-state index in [1.165, 1.54) is 0 Å².